The van der Waals surface area contributed by atoms with Crippen molar-refractivity contribution in [3.8, 4) is 22.3 Å². The summed E-state index contributed by atoms with van der Waals surface area (Å²) in [5.41, 5.74) is 20.9. The first-order chi connectivity index (χ1) is 22.0. The Morgan fingerprint density at radius 1 is 0.391 bits per heavy atom. The van der Waals surface area contributed by atoms with Crippen LogP contribution in [0.1, 0.15) is 77.6 Å². The molecule has 2 heteroatoms. The third-order valence-corrected chi connectivity index (χ3v) is 10.9. The molecule has 0 atom stereocenters. The van der Waals surface area contributed by atoms with Gasteiger partial charge in [0, 0.05) is 45.0 Å². The third kappa shape index (κ3) is 4.02. The molecule has 2 aliphatic carbocycles. The SMILES string of the molecule is CC1=CC(=C2C=C(C)N(c3ccc4c(c3)C(C)(C)c3ccccc3-4)C(C)=C2)C=C(C)N1c1ccc2c(c1)C(C)(C)c1ccccc1-2. The van der Waals surface area contributed by atoms with E-state index in [1.54, 1.807) is 0 Å². The van der Waals surface area contributed by atoms with Crippen LogP contribution in [-0.2, 0) is 10.8 Å². The van der Waals surface area contributed by atoms with Crippen LogP contribution in [0.2, 0.25) is 0 Å². The van der Waals surface area contributed by atoms with Crippen LogP contribution < -0.4 is 9.80 Å². The zero-order valence-electron chi connectivity index (χ0n) is 28.3. The molecule has 0 spiro atoms. The average Bonchev–Trinajstić information content (AvgIpc) is 3.40. The maximum Gasteiger partial charge on any atom is 0.0458 e. The van der Waals surface area contributed by atoms with Gasteiger partial charge in [0.2, 0.25) is 0 Å². The van der Waals surface area contributed by atoms with Crippen molar-refractivity contribution < 1.29 is 0 Å². The first-order valence-electron chi connectivity index (χ1n) is 16.5. The normalized spacial score (nSPS) is 18.7. The summed E-state index contributed by atoms with van der Waals surface area (Å²) in [7, 11) is 0. The molecule has 2 aliphatic heterocycles. The van der Waals surface area contributed by atoms with Crippen molar-refractivity contribution >= 4 is 11.4 Å². The fourth-order valence-corrected chi connectivity index (χ4v) is 8.61. The van der Waals surface area contributed by atoms with Crippen LogP contribution in [0.25, 0.3) is 22.3 Å². The molecule has 2 nitrogen and oxygen atoms in total. The molecule has 4 aromatic rings. The van der Waals surface area contributed by atoms with Gasteiger partial charge < -0.3 is 9.80 Å². The zero-order chi connectivity index (χ0) is 32.1. The van der Waals surface area contributed by atoms with E-state index in [2.05, 4.69) is 174 Å². The van der Waals surface area contributed by atoms with E-state index in [0.717, 1.165) is 0 Å². The molecule has 0 saturated carbocycles. The van der Waals surface area contributed by atoms with E-state index >= 15 is 0 Å². The highest BCUT2D eigenvalue weighted by Gasteiger charge is 2.37. The van der Waals surface area contributed by atoms with Gasteiger partial charge in [0.1, 0.15) is 0 Å². The van der Waals surface area contributed by atoms with Crippen molar-refractivity contribution in [3.63, 3.8) is 0 Å². The van der Waals surface area contributed by atoms with Gasteiger partial charge in [-0.25, -0.2) is 0 Å². The van der Waals surface area contributed by atoms with E-state index in [1.165, 1.54) is 89.8 Å². The third-order valence-electron chi connectivity index (χ3n) is 10.9. The van der Waals surface area contributed by atoms with E-state index in [0.29, 0.717) is 0 Å². The Balaban J connectivity index is 1.11. The smallest absolute Gasteiger partial charge is 0.0458 e. The number of hydrogen-bond donors (Lipinski definition) is 0. The monoisotopic (exact) mass is 598 g/mol. The number of benzene rings is 4. The van der Waals surface area contributed by atoms with Crippen LogP contribution in [0.4, 0.5) is 11.4 Å². The Labute approximate surface area is 274 Å². The number of anilines is 2. The van der Waals surface area contributed by atoms with Gasteiger partial charge in [-0.3, -0.25) is 0 Å². The van der Waals surface area contributed by atoms with Crippen molar-refractivity contribution in [2.24, 2.45) is 0 Å². The average molecular weight is 599 g/mol. The number of allylic oxidation sites excluding steroid dienone is 10. The molecule has 0 saturated heterocycles. The van der Waals surface area contributed by atoms with E-state index < -0.39 is 0 Å². The maximum atomic E-state index is 2.41. The predicted octanol–water partition coefficient (Wildman–Crippen LogP) is 11.6. The van der Waals surface area contributed by atoms with Crippen LogP contribution in [0.5, 0.6) is 0 Å². The topological polar surface area (TPSA) is 6.48 Å². The summed E-state index contributed by atoms with van der Waals surface area (Å²) in [4.78, 5) is 4.80. The van der Waals surface area contributed by atoms with E-state index in [4.69, 9.17) is 0 Å². The molecule has 4 aromatic carbocycles. The Kier molecular flexibility index (Phi) is 6.13. The second-order valence-corrected chi connectivity index (χ2v) is 14.5. The molecule has 4 aliphatic rings. The van der Waals surface area contributed by atoms with Crippen molar-refractivity contribution in [1.82, 2.24) is 0 Å². The van der Waals surface area contributed by atoms with Crippen LogP contribution in [0.3, 0.4) is 0 Å². The fourth-order valence-electron chi connectivity index (χ4n) is 8.61. The number of fused-ring (bicyclic) bond motifs is 6. The Morgan fingerprint density at radius 3 is 1.09 bits per heavy atom. The fraction of sp³-hybridized carbons (Fsp3) is 0.227. The molecule has 0 N–H and O–H groups in total. The summed E-state index contributed by atoms with van der Waals surface area (Å²) in [5.74, 6) is 0. The quantitative estimate of drug-likeness (QED) is 0.226. The van der Waals surface area contributed by atoms with Crippen LogP contribution in [0.15, 0.2) is 143 Å². The molecule has 228 valence electrons. The number of hydrogen-bond acceptors (Lipinski definition) is 2. The first-order valence-corrected chi connectivity index (χ1v) is 16.5. The molecule has 0 bridgehead atoms. The highest BCUT2D eigenvalue weighted by Crippen LogP contribution is 2.51. The Morgan fingerprint density at radius 2 is 0.717 bits per heavy atom. The van der Waals surface area contributed by atoms with Crippen molar-refractivity contribution in [3.05, 3.63) is 165 Å². The van der Waals surface area contributed by atoms with E-state index in [1.807, 2.05) is 0 Å². The summed E-state index contributed by atoms with van der Waals surface area (Å²) in [5, 5.41) is 0. The molecule has 0 aromatic heterocycles. The van der Waals surface area contributed by atoms with Gasteiger partial charge in [0.25, 0.3) is 0 Å². The van der Waals surface area contributed by atoms with Gasteiger partial charge in [-0.1, -0.05) is 88.4 Å². The molecule has 2 heterocycles. The molecule has 0 unspecified atom stereocenters. The predicted molar refractivity (Wildman–Crippen MR) is 195 cm³/mol. The summed E-state index contributed by atoms with van der Waals surface area (Å²) >= 11 is 0. The molecular formula is C44H42N2. The minimum atomic E-state index is -0.0166. The minimum Gasteiger partial charge on any atom is -0.318 e. The number of rotatable bonds is 2. The first kappa shape index (κ1) is 28.6. The molecular weight excluding hydrogens is 556 g/mol. The second-order valence-electron chi connectivity index (χ2n) is 14.5. The molecule has 0 fully saturated rings. The largest absolute Gasteiger partial charge is 0.318 e. The molecule has 46 heavy (non-hydrogen) atoms. The number of nitrogens with zero attached hydrogens (tertiary/aromatic N) is 2. The molecule has 8 rings (SSSR count). The van der Waals surface area contributed by atoms with Crippen molar-refractivity contribution in [2.75, 3.05) is 9.80 Å². The van der Waals surface area contributed by atoms with Gasteiger partial charge in [-0.15, -0.1) is 0 Å². The van der Waals surface area contributed by atoms with Gasteiger partial charge in [-0.05, 0) is 132 Å². The van der Waals surface area contributed by atoms with Crippen molar-refractivity contribution in [2.45, 2.75) is 66.2 Å². The Bertz CT molecular complexity index is 1950. The van der Waals surface area contributed by atoms with Gasteiger partial charge in [-0.2, -0.15) is 0 Å². The summed E-state index contributed by atoms with van der Waals surface area (Å²) < 4.78 is 0. The van der Waals surface area contributed by atoms with Gasteiger partial charge in [0.05, 0.1) is 0 Å². The second kappa shape index (κ2) is 9.84. The zero-order valence-corrected chi connectivity index (χ0v) is 28.3. The summed E-state index contributed by atoms with van der Waals surface area (Å²) in [6, 6.07) is 31.7. The van der Waals surface area contributed by atoms with Crippen LogP contribution in [-0.4, -0.2) is 0 Å². The van der Waals surface area contributed by atoms with Crippen molar-refractivity contribution in [1.29, 1.82) is 0 Å². The summed E-state index contributed by atoms with van der Waals surface area (Å²) in [6.45, 7) is 18.3. The van der Waals surface area contributed by atoms with Crippen LogP contribution >= 0.6 is 0 Å². The van der Waals surface area contributed by atoms with Crippen LogP contribution in [0, 0.1) is 0 Å². The summed E-state index contributed by atoms with van der Waals surface area (Å²) in [6.07, 6.45) is 9.36. The highest BCUT2D eigenvalue weighted by atomic mass is 15.2. The lowest BCUT2D eigenvalue weighted by molar-refractivity contribution is 0.660. The minimum absolute atomic E-state index is 0.0166. The highest BCUT2D eigenvalue weighted by molar-refractivity contribution is 5.84. The lowest BCUT2D eigenvalue weighted by Gasteiger charge is -2.33. The molecule has 0 amide bonds. The standard InChI is InChI=1S/C44H42N2/c1-27-21-31(22-28(2)45(27)33-17-19-37-35-13-9-11-15-39(35)43(5,6)41(37)25-33)32-23-29(3)46(30(4)24-32)34-18-20-38-36-14-10-12-16-40(36)44(7,8)42(38)26-34/h9-26H,1-8H3. The van der Waals surface area contributed by atoms with E-state index in [9.17, 15) is 0 Å². The van der Waals surface area contributed by atoms with Gasteiger partial charge in [0.15, 0.2) is 0 Å². The molecule has 0 radical (unpaired) electrons. The van der Waals surface area contributed by atoms with Gasteiger partial charge >= 0.3 is 0 Å². The lowest BCUT2D eigenvalue weighted by atomic mass is 9.82. The Hall–Kier alpha value is -4.82. The van der Waals surface area contributed by atoms with E-state index in [-0.39, 0.29) is 10.8 Å². The maximum absolute atomic E-state index is 2.41. The lowest BCUT2D eigenvalue weighted by Crippen LogP contribution is -2.24.